The maximum Gasteiger partial charge on any atom is 0.257 e. The normalized spacial score (nSPS) is 17.6. The topological polar surface area (TPSA) is 76.4 Å². The zero-order valence-corrected chi connectivity index (χ0v) is 21.2. The number of halogens is 1. The van der Waals surface area contributed by atoms with E-state index in [1.54, 1.807) is 29.2 Å². The zero-order chi connectivity index (χ0) is 25.2. The molecule has 3 aromatic rings. The minimum atomic E-state index is -0.294. The van der Waals surface area contributed by atoms with Gasteiger partial charge in [-0.2, -0.15) is 5.10 Å². The van der Waals surface area contributed by atoms with E-state index in [9.17, 15) is 9.18 Å². The molecule has 0 aliphatic carbocycles. The fourth-order valence-electron chi connectivity index (χ4n) is 5.22. The van der Waals surface area contributed by atoms with E-state index in [-0.39, 0.29) is 17.6 Å². The van der Waals surface area contributed by atoms with E-state index in [0.29, 0.717) is 23.2 Å². The molecule has 2 fully saturated rings. The average Bonchev–Trinajstić information content (AvgIpc) is 3.35. The van der Waals surface area contributed by atoms with Crippen molar-refractivity contribution in [3.05, 3.63) is 59.3 Å². The number of rotatable bonds is 5. The SMILES string of the molecule is Cc1cnc(-n2ncc(C(=O)N3CCC(N4CCOCC4)CC3)c2C(C)C)nc1-c1ccc(F)cc1. The van der Waals surface area contributed by atoms with Gasteiger partial charge in [-0.05, 0) is 55.5 Å². The van der Waals surface area contributed by atoms with Gasteiger partial charge in [0.1, 0.15) is 5.82 Å². The number of aryl methyl sites for hydroxylation is 1. The lowest BCUT2D eigenvalue weighted by Gasteiger charge is -2.40. The quantitative estimate of drug-likeness (QED) is 0.539. The highest BCUT2D eigenvalue weighted by Gasteiger charge is 2.31. The number of carbonyl (C=O) groups is 1. The van der Waals surface area contributed by atoms with Gasteiger partial charge in [-0.3, -0.25) is 9.69 Å². The van der Waals surface area contributed by atoms with Crippen LogP contribution in [-0.2, 0) is 4.74 Å². The Morgan fingerprint density at radius 3 is 2.42 bits per heavy atom. The van der Waals surface area contributed by atoms with Gasteiger partial charge in [0, 0.05) is 44.0 Å². The third kappa shape index (κ3) is 4.90. The van der Waals surface area contributed by atoms with E-state index in [4.69, 9.17) is 9.72 Å². The maximum absolute atomic E-state index is 13.6. The van der Waals surface area contributed by atoms with E-state index in [1.807, 2.05) is 25.7 Å². The monoisotopic (exact) mass is 492 g/mol. The summed E-state index contributed by atoms with van der Waals surface area (Å²) in [4.78, 5) is 27.3. The lowest BCUT2D eigenvalue weighted by Crippen LogP contribution is -2.50. The summed E-state index contributed by atoms with van der Waals surface area (Å²) in [5.74, 6) is 0.151. The third-order valence-electron chi connectivity index (χ3n) is 7.16. The van der Waals surface area contributed by atoms with Crippen molar-refractivity contribution < 1.29 is 13.9 Å². The number of hydrogen-bond donors (Lipinski definition) is 0. The number of carbonyl (C=O) groups excluding carboxylic acids is 1. The largest absolute Gasteiger partial charge is 0.379 e. The van der Waals surface area contributed by atoms with Gasteiger partial charge in [-0.25, -0.2) is 19.0 Å². The van der Waals surface area contributed by atoms with E-state index >= 15 is 0 Å². The first-order valence-electron chi connectivity index (χ1n) is 12.7. The molecule has 1 aromatic carbocycles. The number of ether oxygens (including phenoxy) is 1. The van der Waals surface area contributed by atoms with Gasteiger partial charge in [0.05, 0.1) is 36.4 Å². The molecule has 2 aliphatic heterocycles. The lowest BCUT2D eigenvalue weighted by molar-refractivity contribution is 0.00157. The summed E-state index contributed by atoms with van der Waals surface area (Å²) in [5.41, 5.74) is 3.79. The number of piperidine rings is 1. The van der Waals surface area contributed by atoms with Gasteiger partial charge in [-0.1, -0.05) is 13.8 Å². The summed E-state index contributed by atoms with van der Waals surface area (Å²) in [6.45, 7) is 11.0. The van der Waals surface area contributed by atoms with Gasteiger partial charge >= 0.3 is 0 Å². The molecule has 1 amide bonds. The van der Waals surface area contributed by atoms with Crippen LogP contribution in [0.15, 0.2) is 36.7 Å². The minimum absolute atomic E-state index is 0.0104. The molecule has 9 heteroatoms. The van der Waals surface area contributed by atoms with Crippen molar-refractivity contribution in [2.24, 2.45) is 0 Å². The fourth-order valence-corrected chi connectivity index (χ4v) is 5.22. The highest BCUT2D eigenvalue weighted by Crippen LogP contribution is 2.27. The Morgan fingerprint density at radius 2 is 1.75 bits per heavy atom. The Kier molecular flexibility index (Phi) is 7.11. The zero-order valence-electron chi connectivity index (χ0n) is 21.2. The van der Waals surface area contributed by atoms with E-state index in [2.05, 4.69) is 15.0 Å². The van der Waals surface area contributed by atoms with Crippen LogP contribution in [0, 0.1) is 12.7 Å². The van der Waals surface area contributed by atoms with E-state index in [0.717, 1.165) is 69.1 Å². The van der Waals surface area contributed by atoms with Crippen molar-refractivity contribution in [1.29, 1.82) is 0 Å². The second-order valence-corrected chi connectivity index (χ2v) is 9.89. The van der Waals surface area contributed by atoms with Crippen LogP contribution in [0.4, 0.5) is 4.39 Å². The van der Waals surface area contributed by atoms with Crippen LogP contribution in [0.25, 0.3) is 17.2 Å². The van der Waals surface area contributed by atoms with E-state index in [1.165, 1.54) is 12.1 Å². The first-order chi connectivity index (χ1) is 17.4. The van der Waals surface area contributed by atoms with Gasteiger partial charge in [-0.15, -0.1) is 0 Å². The minimum Gasteiger partial charge on any atom is -0.379 e. The molecule has 0 bridgehead atoms. The van der Waals surface area contributed by atoms with Crippen molar-refractivity contribution in [3.8, 4) is 17.2 Å². The second-order valence-electron chi connectivity index (χ2n) is 9.89. The highest BCUT2D eigenvalue weighted by molar-refractivity contribution is 5.95. The number of amides is 1. The molecule has 2 saturated heterocycles. The maximum atomic E-state index is 13.6. The molecule has 5 rings (SSSR count). The smallest absolute Gasteiger partial charge is 0.257 e. The van der Waals surface area contributed by atoms with Gasteiger partial charge in [0.2, 0.25) is 0 Å². The number of nitrogens with zero attached hydrogens (tertiary/aromatic N) is 6. The number of morpholine rings is 1. The van der Waals surface area contributed by atoms with Crippen LogP contribution in [-0.4, -0.2) is 80.9 Å². The molecule has 2 aromatic heterocycles. The molecule has 0 spiro atoms. The van der Waals surface area contributed by atoms with E-state index < -0.39 is 0 Å². The lowest BCUT2D eigenvalue weighted by atomic mass is 10.0. The van der Waals surface area contributed by atoms with Crippen LogP contribution >= 0.6 is 0 Å². The predicted octanol–water partition coefficient (Wildman–Crippen LogP) is 3.84. The molecule has 2 aliphatic rings. The first kappa shape index (κ1) is 24.5. The van der Waals surface area contributed by atoms with Crippen LogP contribution in [0.3, 0.4) is 0 Å². The standard InChI is InChI=1S/C27H33FN6O2/c1-18(2)25-23(26(35)33-10-8-22(9-11-33)32-12-14-36-15-13-32)17-30-34(25)27-29-16-19(3)24(31-27)20-4-6-21(28)7-5-20/h4-7,16-18,22H,8-15H2,1-3H3. The van der Waals surface area contributed by atoms with Crippen LogP contribution < -0.4 is 0 Å². The molecule has 0 saturated carbocycles. The summed E-state index contributed by atoms with van der Waals surface area (Å²) in [6.07, 6.45) is 5.33. The average molecular weight is 493 g/mol. The Hall–Kier alpha value is -3.17. The van der Waals surface area contributed by atoms with Crippen LogP contribution in [0.1, 0.15) is 54.2 Å². The molecule has 190 valence electrons. The number of hydrogen-bond acceptors (Lipinski definition) is 6. The molecule has 8 nitrogen and oxygen atoms in total. The second kappa shape index (κ2) is 10.4. The van der Waals surface area contributed by atoms with Crippen molar-refractivity contribution in [3.63, 3.8) is 0 Å². The molecule has 0 N–H and O–H groups in total. The molecule has 4 heterocycles. The first-order valence-corrected chi connectivity index (χ1v) is 12.7. The van der Waals surface area contributed by atoms with Crippen molar-refractivity contribution in [2.75, 3.05) is 39.4 Å². The predicted molar refractivity (Wildman–Crippen MR) is 135 cm³/mol. The fraction of sp³-hybridized carbons (Fsp3) is 0.481. The summed E-state index contributed by atoms with van der Waals surface area (Å²) < 4.78 is 20.6. The summed E-state index contributed by atoms with van der Waals surface area (Å²) in [6, 6.07) is 6.76. The molecular formula is C27H33FN6O2. The van der Waals surface area contributed by atoms with Gasteiger partial charge in [0.15, 0.2) is 0 Å². The third-order valence-corrected chi connectivity index (χ3v) is 7.16. The molecule has 0 unspecified atom stereocenters. The Labute approximate surface area is 211 Å². The van der Waals surface area contributed by atoms with Crippen LogP contribution in [0.5, 0.6) is 0 Å². The summed E-state index contributed by atoms with van der Waals surface area (Å²) in [7, 11) is 0. The number of benzene rings is 1. The Morgan fingerprint density at radius 1 is 1.06 bits per heavy atom. The summed E-state index contributed by atoms with van der Waals surface area (Å²) >= 11 is 0. The van der Waals surface area contributed by atoms with Crippen molar-refractivity contribution in [1.82, 2.24) is 29.5 Å². The Balaban J connectivity index is 1.39. The van der Waals surface area contributed by atoms with Crippen LogP contribution in [0.2, 0.25) is 0 Å². The van der Waals surface area contributed by atoms with Crippen molar-refractivity contribution in [2.45, 2.75) is 45.6 Å². The molecule has 0 atom stereocenters. The molecule has 36 heavy (non-hydrogen) atoms. The Bertz CT molecular complexity index is 1210. The van der Waals surface area contributed by atoms with Gasteiger partial charge in [0.25, 0.3) is 11.9 Å². The van der Waals surface area contributed by atoms with Gasteiger partial charge < -0.3 is 9.64 Å². The highest BCUT2D eigenvalue weighted by atomic mass is 19.1. The molecular weight excluding hydrogens is 459 g/mol. The number of aromatic nitrogens is 4. The summed E-state index contributed by atoms with van der Waals surface area (Å²) in [5, 5.41) is 4.55. The van der Waals surface area contributed by atoms with Crippen molar-refractivity contribution >= 4 is 5.91 Å². The molecule has 0 radical (unpaired) electrons. The number of likely N-dealkylation sites (tertiary alicyclic amines) is 1.